The third-order valence-corrected chi connectivity index (χ3v) is 2.74. The van der Waals surface area contributed by atoms with Crippen molar-refractivity contribution in [3.8, 4) is 0 Å². The van der Waals surface area contributed by atoms with Crippen molar-refractivity contribution in [3.63, 3.8) is 0 Å². The summed E-state index contributed by atoms with van der Waals surface area (Å²) in [6.07, 6.45) is 0. The van der Waals surface area contributed by atoms with Crippen LogP contribution in [0.4, 0.5) is 0 Å². The fraction of sp³-hybridized carbons (Fsp3) is 0.200. The van der Waals surface area contributed by atoms with Crippen LogP contribution in [0.25, 0.3) is 0 Å². The molecule has 4 nitrogen and oxygen atoms in total. The van der Waals surface area contributed by atoms with E-state index in [0.717, 1.165) is 9.13 Å². The van der Waals surface area contributed by atoms with Gasteiger partial charge in [0.2, 0.25) is 0 Å². The first-order valence-corrected chi connectivity index (χ1v) is 5.23. The van der Waals surface area contributed by atoms with Crippen LogP contribution in [-0.4, -0.2) is 17.0 Å². The SMILES string of the molecule is CC(=O)OCc1ccc(C(=O)O)cc1I. The number of halogens is 1. The van der Waals surface area contributed by atoms with Gasteiger partial charge in [-0.2, -0.15) is 0 Å². The quantitative estimate of drug-likeness (QED) is 0.684. The van der Waals surface area contributed by atoms with E-state index in [1.54, 1.807) is 12.1 Å². The number of hydrogen-bond acceptors (Lipinski definition) is 3. The van der Waals surface area contributed by atoms with Crippen LogP contribution in [-0.2, 0) is 16.1 Å². The molecule has 0 saturated carbocycles. The Morgan fingerprint density at radius 3 is 2.60 bits per heavy atom. The van der Waals surface area contributed by atoms with Crippen LogP contribution >= 0.6 is 22.6 Å². The van der Waals surface area contributed by atoms with Crippen molar-refractivity contribution in [2.45, 2.75) is 13.5 Å². The molecule has 0 heterocycles. The van der Waals surface area contributed by atoms with Crippen molar-refractivity contribution in [1.29, 1.82) is 0 Å². The summed E-state index contributed by atoms with van der Waals surface area (Å²) in [6.45, 7) is 1.51. The van der Waals surface area contributed by atoms with Gasteiger partial charge in [0.25, 0.3) is 0 Å². The second-order valence-electron chi connectivity index (χ2n) is 2.89. The van der Waals surface area contributed by atoms with Gasteiger partial charge in [-0.15, -0.1) is 0 Å². The lowest BCUT2D eigenvalue weighted by Gasteiger charge is -2.05. The summed E-state index contributed by atoms with van der Waals surface area (Å²) < 4.78 is 5.59. The van der Waals surface area contributed by atoms with E-state index < -0.39 is 5.97 Å². The zero-order valence-electron chi connectivity index (χ0n) is 7.99. The van der Waals surface area contributed by atoms with E-state index in [0.29, 0.717) is 0 Å². The van der Waals surface area contributed by atoms with Crippen LogP contribution in [0, 0.1) is 3.57 Å². The Hall–Kier alpha value is -1.11. The standard InChI is InChI=1S/C10H9IO4/c1-6(12)15-5-8-3-2-7(10(13)14)4-9(8)11/h2-4H,5H2,1H3,(H,13,14). The molecular formula is C10H9IO4. The number of rotatable bonds is 3. The maximum atomic E-state index is 10.6. The molecular weight excluding hydrogens is 311 g/mol. The van der Waals surface area contributed by atoms with E-state index in [1.165, 1.54) is 13.0 Å². The number of carboxylic acids is 1. The van der Waals surface area contributed by atoms with Gasteiger partial charge in [0.05, 0.1) is 5.56 Å². The van der Waals surface area contributed by atoms with Crippen LogP contribution in [0.1, 0.15) is 22.8 Å². The topological polar surface area (TPSA) is 63.6 Å². The van der Waals surface area contributed by atoms with E-state index in [-0.39, 0.29) is 18.1 Å². The number of aromatic carboxylic acids is 1. The number of esters is 1. The van der Waals surface area contributed by atoms with Crippen LogP contribution in [0.3, 0.4) is 0 Å². The summed E-state index contributed by atoms with van der Waals surface area (Å²) in [6, 6.07) is 4.68. The molecule has 5 heteroatoms. The Kier molecular flexibility index (Phi) is 4.07. The molecule has 0 fully saturated rings. The van der Waals surface area contributed by atoms with Crippen LogP contribution in [0.2, 0.25) is 0 Å². The molecule has 0 aliphatic carbocycles. The van der Waals surface area contributed by atoms with E-state index in [1.807, 2.05) is 22.6 Å². The maximum Gasteiger partial charge on any atom is 0.335 e. The molecule has 1 rings (SSSR count). The Labute approximate surface area is 100 Å². The van der Waals surface area contributed by atoms with E-state index in [2.05, 4.69) is 0 Å². The number of carbonyl (C=O) groups is 2. The molecule has 0 amide bonds. The molecule has 1 aromatic rings. The van der Waals surface area contributed by atoms with Gasteiger partial charge in [-0.1, -0.05) is 6.07 Å². The average Bonchev–Trinajstić information content (AvgIpc) is 2.15. The van der Waals surface area contributed by atoms with Gasteiger partial charge in [0.1, 0.15) is 6.61 Å². The Bertz CT molecular complexity index is 400. The van der Waals surface area contributed by atoms with Gasteiger partial charge in [-0.05, 0) is 34.7 Å². The zero-order chi connectivity index (χ0) is 11.4. The van der Waals surface area contributed by atoms with Crippen LogP contribution < -0.4 is 0 Å². The summed E-state index contributed by atoms with van der Waals surface area (Å²) in [4.78, 5) is 21.2. The first-order chi connectivity index (χ1) is 7.00. The third kappa shape index (κ3) is 3.50. The molecule has 0 bridgehead atoms. The molecule has 0 aliphatic heterocycles. The molecule has 15 heavy (non-hydrogen) atoms. The molecule has 0 spiro atoms. The minimum Gasteiger partial charge on any atom is -0.478 e. The van der Waals surface area contributed by atoms with Crippen molar-refractivity contribution < 1.29 is 19.4 Å². The first-order valence-electron chi connectivity index (χ1n) is 4.16. The predicted molar refractivity (Wildman–Crippen MR) is 61.6 cm³/mol. The van der Waals surface area contributed by atoms with E-state index in [9.17, 15) is 9.59 Å². The highest BCUT2D eigenvalue weighted by molar-refractivity contribution is 14.1. The molecule has 0 atom stereocenters. The number of hydrogen-bond donors (Lipinski definition) is 1. The predicted octanol–water partition coefficient (Wildman–Crippen LogP) is 2.05. The largest absolute Gasteiger partial charge is 0.478 e. The number of ether oxygens (including phenoxy) is 1. The molecule has 0 aromatic heterocycles. The highest BCUT2D eigenvalue weighted by atomic mass is 127. The van der Waals surface area contributed by atoms with Crippen molar-refractivity contribution in [1.82, 2.24) is 0 Å². The van der Waals surface area contributed by atoms with Gasteiger partial charge in [-0.3, -0.25) is 4.79 Å². The lowest BCUT2D eigenvalue weighted by molar-refractivity contribution is -0.142. The Morgan fingerprint density at radius 2 is 2.13 bits per heavy atom. The van der Waals surface area contributed by atoms with Crippen molar-refractivity contribution in [2.24, 2.45) is 0 Å². The van der Waals surface area contributed by atoms with Crippen molar-refractivity contribution in [2.75, 3.05) is 0 Å². The average molecular weight is 320 g/mol. The lowest BCUT2D eigenvalue weighted by atomic mass is 10.1. The monoisotopic (exact) mass is 320 g/mol. The van der Waals surface area contributed by atoms with Crippen molar-refractivity contribution in [3.05, 3.63) is 32.9 Å². The summed E-state index contributed by atoms with van der Waals surface area (Å²) in [5.74, 6) is -1.32. The van der Waals surface area contributed by atoms with Gasteiger partial charge >= 0.3 is 11.9 Å². The molecule has 0 radical (unpaired) electrons. The summed E-state index contributed by atoms with van der Waals surface area (Å²) in [7, 11) is 0. The van der Waals surface area contributed by atoms with E-state index in [4.69, 9.17) is 9.84 Å². The summed E-state index contributed by atoms with van der Waals surface area (Å²) >= 11 is 2.01. The minimum absolute atomic E-state index is 0.174. The zero-order valence-corrected chi connectivity index (χ0v) is 10.1. The van der Waals surface area contributed by atoms with Gasteiger partial charge in [0.15, 0.2) is 0 Å². The molecule has 0 saturated heterocycles. The fourth-order valence-corrected chi connectivity index (χ4v) is 1.65. The lowest BCUT2D eigenvalue weighted by Crippen LogP contribution is -2.02. The third-order valence-electron chi connectivity index (χ3n) is 1.73. The summed E-state index contributed by atoms with van der Waals surface area (Å²) in [5.41, 5.74) is 1.03. The second kappa shape index (κ2) is 5.11. The summed E-state index contributed by atoms with van der Waals surface area (Å²) in [5, 5.41) is 8.73. The molecule has 0 unspecified atom stereocenters. The molecule has 80 valence electrons. The molecule has 0 aliphatic rings. The number of carbonyl (C=O) groups excluding carboxylic acids is 1. The van der Waals surface area contributed by atoms with Gasteiger partial charge in [-0.25, -0.2) is 4.79 Å². The number of carboxylic acid groups (broad SMARTS) is 1. The molecule has 1 aromatic carbocycles. The highest BCUT2D eigenvalue weighted by Gasteiger charge is 2.07. The second-order valence-corrected chi connectivity index (χ2v) is 4.05. The highest BCUT2D eigenvalue weighted by Crippen LogP contribution is 2.15. The Morgan fingerprint density at radius 1 is 1.47 bits per heavy atom. The first kappa shape index (κ1) is 12.0. The van der Waals surface area contributed by atoms with Crippen molar-refractivity contribution >= 4 is 34.5 Å². The normalized spacial score (nSPS) is 9.73. The maximum absolute atomic E-state index is 10.6. The van der Waals surface area contributed by atoms with Crippen LogP contribution in [0.5, 0.6) is 0 Å². The van der Waals surface area contributed by atoms with Crippen LogP contribution in [0.15, 0.2) is 18.2 Å². The minimum atomic E-state index is -0.966. The van der Waals surface area contributed by atoms with Gasteiger partial charge in [0, 0.05) is 16.1 Å². The van der Waals surface area contributed by atoms with Gasteiger partial charge < -0.3 is 9.84 Å². The van der Waals surface area contributed by atoms with E-state index >= 15 is 0 Å². The number of benzene rings is 1. The molecule has 1 N–H and O–H groups in total. The fourth-order valence-electron chi connectivity index (χ4n) is 0.977. The smallest absolute Gasteiger partial charge is 0.335 e. The Balaban J connectivity index is 2.83.